The van der Waals surface area contributed by atoms with Crippen LogP contribution in [-0.2, 0) is 20.9 Å². The molecule has 2 aliphatic carbocycles. The maximum atomic E-state index is 13.1. The number of phenolic OH excluding ortho intramolecular Hbond substituents is 1. The van der Waals surface area contributed by atoms with Crippen molar-refractivity contribution in [3.63, 3.8) is 0 Å². The predicted molar refractivity (Wildman–Crippen MR) is 164 cm³/mol. The van der Waals surface area contributed by atoms with Crippen molar-refractivity contribution in [1.29, 1.82) is 0 Å². The third-order valence-corrected chi connectivity index (χ3v) is 9.23. The number of carbonyl (C=O) groups is 1. The zero-order valence-corrected chi connectivity index (χ0v) is 25.7. The molecule has 0 unspecified atom stereocenters. The molecule has 1 aliphatic heterocycles. The van der Waals surface area contributed by atoms with Crippen molar-refractivity contribution in [2.24, 2.45) is 11.8 Å². The zero-order valence-electron chi connectivity index (χ0n) is 25.7. The SMILES string of the molecule is C/C(=C\c1ccc(O[C@@H]2O[C@H](/C(C)=C/COCc3ccc(F)cc3)[C@@H](O)[C@@H]2O)c(O)c1)C(=O)N[C@@H]1[C@H](O)[C@@H](O)[C@H]2CCC[C@H]2[C@@H]1O. The molecule has 250 valence electrons. The van der Waals surface area contributed by atoms with E-state index in [0.29, 0.717) is 11.1 Å². The van der Waals surface area contributed by atoms with Crippen molar-refractivity contribution in [2.75, 3.05) is 6.61 Å². The number of phenols is 1. The van der Waals surface area contributed by atoms with Crippen molar-refractivity contribution >= 4 is 12.0 Å². The van der Waals surface area contributed by atoms with Crippen molar-refractivity contribution in [3.05, 3.63) is 76.6 Å². The summed E-state index contributed by atoms with van der Waals surface area (Å²) in [5.74, 6) is -1.58. The summed E-state index contributed by atoms with van der Waals surface area (Å²) in [4.78, 5) is 12.9. The maximum Gasteiger partial charge on any atom is 0.247 e. The van der Waals surface area contributed by atoms with Crippen LogP contribution in [0.5, 0.6) is 11.5 Å². The highest BCUT2D eigenvalue weighted by Gasteiger charge is 2.51. The molecule has 10 atom stereocenters. The van der Waals surface area contributed by atoms with E-state index in [1.165, 1.54) is 30.3 Å². The normalized spacial score (nSPS) is 33.1. The van der Waals surface area contributed by atoms with Crippen LogP contribution < -0.4 is 10.1 Å². The molecule has 2 aromatic rings. The van der Waals surface area contributed by atoms with Crippen LogP contribution in [0.1, 0.15) is 44.2 Å². The van der Waals surface area contributed by atoms with Crippen molar-refractivity contribution in [3.8, 4) is 11.5 Å². The number of hydrogen-bond donors (Lipinski definition) is 7. The summed E-state index contributed by atoms with van der Waals surface area (Å²) in [6.07, 6.45) is -2.69. The summed E-state index contributed by atoms with van der Waals surface area (Å²) in [5, 5.41) is 66.3. The summed E-state index contributed by atoms with van der Waals surface area (Å²) in [6.45, 7) is 3.71. The Hall–Kier alpha value is -3.36. The molecular weight excluding hydrogens is 601 g/mol. The summed E-state index contributed by atoms with van der Waals surface area (Å²) in [5.41, 5.74) is 2.08. The summed E-state index contributed by atoms with van der Waals surface area (Å²) in [6, 6.07) is 9.27. The minimum atomic E-state index is -1.41. The second-order valence-electron chi connectivity index (χ2n) is 12.4. The highest BCUT2D eigenvalue weighted by atomic mass is 19.1. The standard InChI is InChI=1S/C34H42FNO10/c1-17(12-13-44-16-19-6-9-21(35)10-7-19)32-30(41)31(42)34(46-32)45-25-11-8-20(15-24(25)37)14-18(2)33(43)36-26-27(38)22-4-3-5-23(22)28(39)29(26)40/h6-12,14-15,22-23,26-32,34,37-42H,3-5,13,16H2,1-2H3,(H,36,43)/b17-12+,18-14+/t22-,23+,26+,27+,28+,29+,30+,31+,32-,34-/m1/s1. The number of fused-ring (bicyclic) bond motifs is 1. The zero-order chi connectivity index (χ0) is 33.1. The van der Waals surface area contributed by atoms with Gasteiger partial charge in [-0.15, -0.1) is 0 Å². The van der Waals surface area contributed by atoms with E-state index in [-0.39, 0.29) is 47.9 Å². The molecule has 3 aliphatic rings. The maximum absolute atomic E-state index is 13.1. The van der Waals surface area contributed by atoms with Crippen LogP contribution in [0.25, 0.3) is 6.08 Å². The number of amides is 1. The fourth-order valence-corrected chi connectivity index (χ4v) is 6.58. The van der Waals surface area contributed by atoms with Crippen LogP contribution in [0.15, 0.2) is 59.7 Å². The first-order valence-corrected chi connectivity index (χ1v) is 15.5. The smallest absolute Gasteiger partial charge is 0.247 e. The lowest BCUT2D eigenvalue weighted by atomic mass is 9.73. The third kappa shape index (κ3) is 7.44. The highest BCUT2D eigenvalue weighted by Crippen LogP contribution is 2.43. The molecule has 5 rings (SSSR count). The van der Waals surface area contributed by atoms with Gasteiger partial charge >= 0.3 is 0 Å². The number of nitrogens with one attached hydrogen (secondary N) is 1. The molecule has 0 aromatic heterocycles. The van der Waals surface area contributed by atoms with Crippen LogP contribution in [0, 0.1) is 17.7 Å². The molecule has 2 saturated carbocycles. The van der Waals surface area contributed by atoms with E-state index in [9.17, 15) is 39.8 Å². The van der Waals surface area contributed by atoms with Gasteiger partial charge in [0.05, 0.1) is 31.5 Å². The van der Waals surface area contributed by atoms with E-state index >= 15 is 0 Å². The van der Waals surface area contributed by atoms with E-state index < -0.39 is 54.9 Å². The van der Waals surface area contributed by atoms with Gasteiger partial charge in [0.1, 0.15) is 30.2 Å². The van der Waals surface area contributed by atoms with Crippen LogP contribution in [-0.4, -0.2) is 92.1 Å². The number of aromatic hydroxyl groups is 1. The number of aliphatic hydroxyl groups is 5. The monoisotopic (exact) mass is 643 g/mol. The van der Waals surface area contributed by atoms with E-state index in [1.807, 2.05) is 0 Å². The Morgan fingerprint density at radius 3 is 2.35 bits per heavy atom. The molecular formula is C34H42FNO10. The minimum Gasteiger partial charge on any atom is -0.504 e. The quantitative estimate of drug-likeness (QED) is 0.115. The first-order valence-electron chi connectivity index (χ1n) is 15.5. The van der Waals surface area contributed by atoms with Gasteiger partial charge in [-0.1, -0.05) is 30.7 Å². The molecule has 2 aromatic carbocycles. The van der Waals surface area contributed by atoms with Crippen molar-refractivity contribution in [2.45, 2.75) is 88.7 Å². The second kappa shape index (κ2) is 14.6. The molecule has 0 spiro atoms. The predicted octanol–water partition coefficient (Wildman–Crippen LogP) is 1.92. The van der Waals surface area contributed by atoms with Crippen LogP contribution >= 0.6 is 0 Å². The van der Waals surface area contributed by atoms with E-state index in [4.69, 9.17) is 14.2 Å². The largest absolute Gasteiger partial charge is 0.504 e. The molecule has 0 bridgehead atoms. The Balaban J connectivity index is 1.15. The van der Waals surface area contributed by atoms with Crippen molar-refractivity contribution in [1.82, 2.24) is 5.32 Å². The summed E-state index contributed by atoms with van der Waals surface area (Å²) >= 11 is 0. The lowest BCUT2D eigenvalue weighted by Crippen LogP contribution is -2.63. The van der Waals surface area contributed by atoms with E-state index in [1.54, 1.807) is 38.1 Å². The third-order valence-electron chi connectivity index (χ3n) is 9.23. The lowest BCUT2D eigenvalue weighted by Gasteiger charge is -2.43. The van der Waals surface area contributed by atoms with E-state index in [0.717, 1.165) is 24.8 Å². The molecule has 46 heavy (non-hydrogen) atoms. The second-order valence-corrected chi connectivity index (χ2v) is 12.4. The van der Waals surface area contributed by atoms with Crippen LogP contribution in [0.2, 0.25) is 0 Å². The van der Waals surface area contributed by atoms with Crippen LogP contribution in [0.4, 0.5) is 4.39 Å². The van der Waals surface area contributed by atoms with Gasteiger partial charge in [0, 0.05) is 5.57 Å². The van der Waals surface area contributed by atoms with Gasteiger partial charge in [0.2, 0.25) is 12.2 Å². The number of aliphatic hydroxyl groups excluding tert-OH is 5. The molecule has 7 N–H and O–H groups in total. The number of rotatable bonds is 10. The average Bonchev–Trinajstić information content (AvgIpc) is 3.64. The Labute approximate surface area is 266 Å². The number of halogens is 1. The fourth-order valence-electron chi connectivity index (χ4n) is 6.58. The highest BCUT2D eigenvalue weighted by molar-refractivity contribution is 5.97. The van der Waals surface area contributed by atoms with Crippen molar-refractivity contribution < 1.29 is 54.0 Å². The topological polar surface area (TPSA) is 178 Å². The minimum absolute atomic E-state index is 0.0195. The number of carbonyl (C=O) groups excluding carboxylic acids is 1. The molecule has 1 heterocycles. The Morgan fingerprint density at radius 1 is 0.957 bits per heavy atom. The fraction of sp³-hybridized carbons (Fsp3) is 0.500. The molecule has 3 fully saturated rings. The molecule has 11 nitrogen and oxygen atoms in total. The first kappa shape index (κ1) is 34.0. The first-order chi connectivity index (χ1) is 21.9. The van der Waals surface area contributed by atoms with E-state index in [2.05, 4.69) is 5.32 Å². The lowest BCUT2D eigenvalue weighted by molar-refractivity contribution is -0.139. The van der Waals surface area contributed by atoms with Gasteiger partial charge in [-0.05, 0) is 85.6 Å². The molecule has 1 amide bonds. The van der Waals surface area contributed by atoms with Gasteiger partial charge in [-0.2, -0.15) is 0 Å². The van der Waals surface area contributed by atoms with Gasteiger partial charge < -0.3 is 50.2 Å². The number of ether oxygens (including phenoxy) is 3. The summed E-state index contributed by atoms with van der Waals surface area (Å²) < 4.78 is 30.1. The number of hydrogen-bond acceptors (Lipinski definition) is 10. The van der Waals surface area contributed by atoms with Crippen LogP contribution in [0.3, 0.4) is 0 Å². The molecule has 0 radical (unpaired) electrons. The Kier molecular flexibility index (Phi) is 10.8. The van der Waals surface area contributed by atoms with Gasteiger partial charge in [0.15, 0.2) is 11.5 Å². The molecule has 12 heteroatoms. The number of benzene rings is 2. The Morgan fingerprint density at radius 2 is 1.65 bits per heavy atom. The van der Waals surface area contributed by atoms with Gasteiger partial charge in [-0.3, -0.25) is 4.79 Å². The van der Waals surface area contributed by atoms with Gasteiger partial charge in [-0.25, -0.2) is 4.39 Å². The Bertz CT molecular complexity index is 1430. The molecule has 1 saturated heterocycles. The average molecular weight is 644 g/mol. The van der Waals surface area contributed by atoms with Gasteiger partial charge in [0.25, 0.3) is 0 Å². The summed E-state index contributed by atoms with van der Waals surface area (Å²) in [7, 11) is 0.